The third kappa shape index (κ3) is 6.87. The van der Waals surface area contributed by atoms with Crippen molar-refractivity contribution in [2.75, 3.05) is 6.61 Å². The van der Waals surface area contributed by atoms with Gasteiger partial charge >= 0.3 is 11.9 Å². The number of carboxylic acids is 2. The molecule has 0 radical (unpaired) electrons. The van der Waals surface area contributed by atoms with Crippen molar-refractivity contribution in [3.05, 3.63) is 0 Å². The number of hydrogen-bond acceptors (Lipinski definition) is 4. The summed E-state index contributed by atoms with van der Waals surface area (Å²) in [6, 6.07) is 0. The molecule has 0 aromatic carbocycles. The Morgan fingerprint density at radius 1 is 0.913 bits per heavy atom. The fourth-order valence-corrected chi connectivity index (χ4v) is 3.17. The van der Waals surface area contributed by atoms with Crippen LogP contribution in [0.2, 0.25) is 0 Å². The van der Waals surface area contributed by atoms with Crippen molar-refractivity contribution < 1.29 is 29.6 Å². The van der Waals surface area contributed by atoms with Crippen LogP contribution in [0.25, 0.3) is 0 Å². The molecule has 1 aliphatic carbocycles. The number of aliphatic carboxylic acids is 2. The van der Waals surface area contributed by atoms with E-state index in [1.54, 1.807) is 0 Å². The molecule has 0 aromatic rings. The molecule has 0 saturated heterocycles. The minimum Gasteiger partial charge on any atom is -0.481 e. The number of aliphatic hydroxyl groups is 1. The zero-order valence-electron chi connectivity index (χ0n) is 13.9. The van der Waals surface area contributed by atoms with E-state index in [0.717, 1.165) is 19.3 Å². The summed E-state index contributed by atoms with van der Waals surface area (Å²) in [6.07, 6.45) is 6.60. The summed E-state index contributed by atoms with van der Waals surface area (Å²) >= 11 is 0. The predicted octanol–water partition coefficient (Wildman–Crippen LogP) is 2.68. The van der Waals surface area contributed by atoms with Crippen LogP contribution in [-0.4, -0.2) is 46.1 Å². The summed E-state index contributed by atoms with van der Waals surface area (Å²) in [7, 11) is 0. The first-order valence-corrected chi connectivity index (χ1v) is 8.72. The Morgan fingerprint density at radius 2 is 1.43 bits per heavy atom. The Balaban J connectivity index is 2.28. The van der Waals surface area contributed by atoms with Gasteiger partial charge in [-0.15, -0.1) is 0 Å². The second-order valence-electron chi connectivity index (χ2n) is 6.46. The molecule has 0 aliphatic heterocycles. The van der Waals surface area contributed by atoms with Gasteiger partial charge in [0.05, 0.1) is 24.0 Å². The molecule has 6 heteroatoms. The highest BCUT2D eigenvalue weighted by Crippen LogP contribution is 2.32. The van der Waals surface area contributed by atoms with E-state index in [1.807, 2.05) is 0 Å². The second kappa shape index (κ2) is 10.6. The Bertz CT molecular complexity index is 370. The summed E-state index contributed by atoms with van der Waals surface area (Å²) in [6.45, 7) is 2.67. The van der Waals surface area contributed by atoms with Gasteiger partial charge in [0.2, 0.25) is 0 Å². The van der Waals surface area contributed by atoms with Crippen molar-refractivity contribution in [2.45, 2.75) is 76.9 Å². The van der Waals surface area contributed by atoms with Gasteiger partial charge < -0.3 is 20.1 Å². The molecule has 134 valence electrons. The lowest BCUT2D eigenvalue weighted by Gasteiger charge is -2.35. The van der Waals surface area contributed by atoms with E-state index in [9.17, 15) is 19.8 Å². The van der Waals surface area contributed by atoms with E-state index in [1.165, 1.54) is 25.7 Å². The van der Waals surface area contributed by atoms with Crippen LogP contribution >= 0.6 is 0 Å². The summed E-state index contributed by atoms with van der Waals surface area (Å²) in [5, 5.41) is 28.3. The molecular formula is C17H30O6. The number of carboxylic acid groups (broad SMARTS) is 2. The molecule has 1 saturated carbocycles. The minimum absolute atomic E-state index is 0.0595. The van der Waals surface area contributed by atoms with E-state index < -0.39 is 36.0 Å². The van der Waals surface area contributed by atoms with Crippen molar-refractivity contribution >= 4 is 11.9 Å². The Labute approximate surface area is 137 Å². The third-order valence-electron chi connectivity index (χ3n) is 4.61. The molecule has 1 fully saturated rings. The average molecular weight is 330 g/mol. The fourth-order valence-electron chi connectivity index (χ4n) is 3.17. The monoisotopic (exact) mass is 330 g/mol. The first kappa shape index (κ1) is 19.9. The number of unbranched alkanes of at least 4 members (excludes halogenated alkanes) is 6. The molecule has 0 heterocycles. The molecule has 4 atom stereocenters. The predicted molar refractivity (Wildman–Crippen MR) is 85.2 cm³/mol. The normalized spacial score (nSPS) is 27.7. The minimum atomic E-state index is -1.16. The number of carbonyl (C=O) groups is 2. The van der Waals surface area contributed by atoms with Gasteiger partial charge in [-0.05, 0) is 19.3 Å². The van der Waals surface area contributed by atoms with Gasteiger partial charge in [-0.3, -0.25) is 9.59 Å². The van der Waals surface area contributed by atoms with Gasteiger partial charge in [0.1, 0.15) is 0 Å². The zero-order chi connectivity index (χ0) is 17.2. The molecule has 0 spiro atoms. The van der Waals surface area contributed by atoms with Gasteiger partial charge in [0.25, 0.3) is 0 Å². The van der Waals surface area contributed by atoms with Gasteiger partial charge in [0.15, 0.2) is 0 Å². The molecule has 6 nitrogen and oxygen atoms in total. The number of hydrogen-bond donors (Lipinski definition) is 3. The smallest absolute Gasteiger partial charge is 0.307 e. The number of rotatable bonds is 11. The van der Waals surface area contributed by atoms with Crippen LogP contribution in [0, 0.1) is 11.8 Å². The summed E-state index contributed by atoms with van der Waals surface area (Å²) < 4.78 is 5.63. The second-order valence-corrected chi connectivity index (χ2v) is 6.46. The maximum atomic E-state index is 11.2. The van der Waals surface area contributed by atoms with Crippen molar-refractivity contribution in [1.29, 1.82) is 0 Å². The average Bonchev–Trinajstić information content (AvgIpc) is 2.50. The summed E-state index contributed by atoms with van der Waals surface area (Å²) in [5.74, 6) is -4.33. The highest BCUT2D eigenvalue weighted by molar-refractivity contribution is 5.80. The van der Waals surface area contributed by atoms with Gasteiger partial charge in [-0.2, -0.15) is 0 Å². The van der Waals surface area contributed by atoms with Crippen LogP contribution in [0.1, 0.15) is 64.7 Å². The number of aliphatic hydroxyl groups excluding tert-OH is 1. The van der Waals surface area contributed by atoms with E-state index in [-0.39, 0.29) is 12.8 Å². The molecule has 1 rings (SSSR count). The van der Waals surface area contributed by atoms with Crippen LogP contribution in [0.4, 0.5) is 0 Å². The fraction of sp³-hybridized carbons (Fsp3) is 0.882. The summed E-state index contributed by atoms with van der Waals surface area (Å²) in [4.78, 5) is 22.3. The molecule has 0 aromatic heterocycles. The molecule has 1 aliphatic rings. The largest absolute Gasteiger partial charge is 0.481 e. The molecule has 0 amide bonds. The van der Waals surface area contributed by atoms with E-state index >= 15 is 0 Å². The van der Waals surface area contributed by atoms with E-state index in [4.69, 9.17) is 9.84 Å². The topological polar surface area (TPSA) is 104 Å². The van der Waals surface area contributed by atoms with Crippen molar-refractivity contribution in [2.24, 2.45) is 11.8 Å². The van der Waals surface area contributed by atoms with Crippen molar-refractivity contribution in [3.63, 3.8) is 0 Å². The van der Waals surface area contributed by atoms with Crippen molar-refractivity contribution in [1.82, 2.24) is 0 Å². The van der Waals surface area contributed by atoms with Crippen LogP contribution in [0.15, 0.2) is 0 Å². The highest BCUT2D eigenvalue weighted by Gasteiger charge is 2.44. The number of ether oxygens (including phenoxy) is 1. The quantitative estimate of drug-likeness (QED) is 0.503. The maximum Gasteiger partial charge on any atom is 0.307 e. The lowest BCUT2D eigenvalue weighted by Crippen LogP contribution is -2.46. The lowest BCUT2D eigenvalue weighted by molar-refractivity contribution is -0.165. The first-order valence-electron chi connectivity index (χ1n) is 8.72. The zero-order valence-corrected chi connectivity index (χ0v) is 13.9. The van der Waals surface area contributed by atoms with Gasteiger partial charge in [0, 0.05) is 6.61 Å². The van der Waals surface area contributed by atoms with Crippen LogP contribution in [-0.2, 0) is 14.3 Å². The Morgan fingerprint density at radius 3 is 2.00 bits per heavy atom. The van der Waals surface area contributed by atoms with Gasteiger partial charge in [-0.1, -0.05) is 45.4 Å². The van der Waals surface area contributed by atoms with Crippen molar-refractivity contribution in [3.8, 4) is 0 Å². The van der Waals surface area contributed by atoms with Gasteiger partial charge in [-0.25, -0.2) is 0 Å². The summed E-state index contributed by atoms with van der Waals surface area (Å²) in [5.41, 5.74) is 0. The molecule has 0 unspecified atom stereocenters. The third-order valence-corrected chi connectivity index (χ3v) is 4.61. The standard InChI is InChI=1S/C17H30O6/c1-2-3-4-5-6-7-8-9-23-15-11-13(17(21)22)12(16(19)20)10-14(15)18/h12-15,18H,2-11H2,1H3,(H,19,20)(H,21,22)/t12-,13+,14-,15-/m1/s1. The Kier molecular flexibility index (Phi) is 9.17. The van der Waals surface area contributed by atoms with E-state index in [0.29, 0.717) is 6.61 Å². The highest BCUT2D eigenvalue weighted by atomic mass is 16.5. The van der Waals surface area contributed by atoms with E-state index in [2.05, 4.69) is 6.92 Å². The Hall–Kier alpha value is -1.14. The first-order chi connectivity index (χ1) is 11.0. The van der Waals surface area contributed by atoms with Crippen LogP contribution in [0.5, 0.6) is 0 Å². The maximum absolute atomic E-state index is 11.2. The van der Waals surface area contributed by atoms with Crippen LogP contribution in [0.3, 0.4) is 0 Å². The SMILES string of the molecule is CCCCCCCCCO[C@@H]1C[C@H](C(=O)O)[C@H](C(=O)O)C[C@H]1O. The molecule has 23 heavy (non-hydrogen) atoms. The van der Waals surface area contributed by atoms with Crippen LogP contribution < -0.4 is 0 Å². The molecule has 3 N–H and O–H groups in total. The molecular weight excluding hydrogens is 300 g/mol. The lowest BCUT2D eigenvalue weighted by atomic mass is 9.76. The molecule has 0 bridgehead atoms.